The highest BCUT2D eigenvalue weighted by Gasteiger charge is 2.14. The van der Waals surface area contributed by atoms with Gasteiger partial charge in [-0.15, -0.1) is 0 Å². The Labute approximate surface area is 186 Å². The van der Waals surface area contributed by atoms with Crippen molar-refractivity contribution in [2.24, 2.45) is 5.92 Å². The van der Waals surface area contributed by atoms with Crippen LogP contribution in [-0.4, -0.2) is 63.2 Å². The van der Waals surface area contributed by atoms with Gasteiger partial charge in [0.1, 0.15) is 12.7 Å². The summed E-state index contributed by atoms with van der Waals surface area (Å²) in [4.78, 5) is 2.09. The van der Waals surface area contributed by atoms with Crippen molar-refractivity contribution in [3.8, 4) is 11.5 Å². The van der Waals surface area contributed by atoms with E-state index in [0.717, 1.165) is 51.3 Å². The van der Waals surface area contributed by atoms with E-state index >= 15 is 0 Å². The minimum absolute atomic E-state index is 0.217. The summed E-state index contributed by atoms with van der Waals surface area (Å²) >= 11 is 0. The quantitative estimate of drug-likeness (QED) is 0.542. The molecule has 0 saturated carbocycles. The summed E-state index contributed by atoms with van der Waals surface area (Å²) in [5, 5.41) is 14.0. The monoisotopic (exact) mass is 428 g/mol. The van der Waals surface area contributed by atoms with Crippen molar-refractivity contribution in [1.82, 2.24) is 10.2 Å². The maximum Gasteiger partial charge on any atom is 0.161 e. The molecular weight excluding hydrogens is 392 g/mol. The molecular formula is C25H36N2O4. The van der Waals surface area contributed by atoms with Gasteiger partial charge in [0.05, 0.1) is 7.11 Å². The maximum atomic E-state index is 10.4. The molecule has 1 saturated heterocycles. The average Bonchev–Trinajstić information content (AvgIpc) is 2.79. The van der Waals surface area contributed by atoms with Crippen LogP contribution in [0.5, 0.6) is 11.5 Å². The molecule has 1 atom stereocenters. The Morgan fingerprint density at radius 1 is 1.10 bits per heavy atom. The van der Waals surface area contributed by atoms with E-state index in [0.29, 0.717) is 24.0 Å². The van der Waals surface area contributed by atoms with Crippen LogP contribution >= 0.6 is 0 Å². The molecule has 0 unspecified atom stereocenters. The van der Waals surface area contributed by atoms with E-state index in [9.17, 15) is 5.11 Å². The Balaban J connectivity index is 1.45. The highest BCUT2D eigenvalue weighted by atomic mass is 16.5. The molecule has 1 fully saturated rings. The number of nitrogens with one attached hydrogen (secondary N) is 1. The first-order valence-corrected chi connectivity index (χ1v) is 11.1. The molecule has 1 aliphatic rings. The summed E-state index contributed by atoms with van der Waals surface area (Å²) in [5.74, 6) is 2.03. The third-order valence-electron chi connectivity index (χ3n) is 5.58. The molecule has 3 rings (SSSR count). The minimum atomic E-state index is -0.589. The van der Waals surface area contributed by atoms with E-state index in [2.05, 4.69) is 22.3 Å². The topological polar surface area (TPSA) is 63.2 Å². The minimum Gasteiger partial charge on any atom is -0.493 e. The van der Waals surface area contributed by atoms with Gasteiger partial charge < -0.3 is 24.6 Å². The van der Waals surface area contributed by atoms with E-state index in [1.165, 1.54) is 5.56 Å². The molecule has 0 aliphatic carbocycles. The van der Waals surface area contributed by atoms with Crippen LogP contribution in [0.3, 0.4) is 0 Å². The van der Waals surface area contributed by atoms with Gasteiger partial charge in [0.2, 0.25) is 0 Å². The standard InChI is InChI=1S/C25H36N2O4/c1-27(17-21-6-4-3-5-7-21)18-23(28)19-31-25-14-22(8-9-24(25)29-2)16-26-15-20-10-12-30-13-11-20/h3-9,14,20,23,26,28H,10-13,15-19H2,1-2H3/t23-/m0/s1. The summed E-state index contributed by atoms with van der Waals surface area (Å²) in [7, 11) is 3.64. The molecule has 31 heavy (non-hydrogen) atoms. The van der Waals surface area contributed by atoms with Crippen LogP contribution in [0.15, 0.2) is 48.5 Å². The maximum absolute atomic E-state index is 10.4. The number of likely N-dealkylation sites (N-methyl/N-ethyl adjacent to an activating group) is 1. The van der Waals surface area contributed by atoms with Crippen molar-refractivity contribution in [2.75, 3.05) is 47.1 Å². The lowest BCUT2D eigenvalue weighted by Crippen LogP contribution is -2.32. The Morgan fingerprint density at radius 2 is 1.87 bits per heavy atom. The summed E-state index contributed by atoms with van der Waals surface area (Å²) < 4.78 is 16.8. The molecule has 1 heterocycles. The van der Waals surface area contributed by atoms with Crippen molar-refractivity contribution < 1.29 is 19.3 Å². The number of ether oxygens (including phenoxy) is 3. The Morgan fingerprint density at radius 3 is 2.61 bits per heavy atom. The predicted octanol–water partition coefficient (Wildman–Crippen LogP) is 3.08. The van der Waals surface area contributed by atoms with Crippen LogP contribution in [0.25, 0.3) is 0 Å². The molecule has 2 N–H and O–H groups in total. The number of aliphatic hydroxyl groups is 1. The molecule has 0 bridgehead atoms. The molecule has 6 nitrogen and oxygen atoms in total. The normalized spacial score (nSPS) is 15.7. The zero-order chi connectivity index (χ0) is 21.9. The third-order valence-corrected chi connectivity index (χ3v) is 5.58. The number of aliphatic hydroxyl groups excluding tert-OH is 1. The lowest BCUT2D eigenvalue weighted by Gasteiger charge is -2.22. The molecule has 0 radical (unpaired) electrons. The summed E-state index contributed by atoms with van der Waals surface area (Å²) in [6.07, 6.45) is 1.66. The second-order valence-corrected chi connectivity index (χ2v) is 8.32. The number of hydrogen-bond donors (Lipinski definition) is 2. The van der Waals surface area contributed by atoms with Gasteiger partial charge in [0.15, 0.2) is 11.5 Å². The number of hydrogen-bond acceptors (Lipinski definition) is 6. The Kier molecular flexibility index (Phi) is 9.62. The molecule has 2 aromatic rings. The van der Waals surface area contributed by atoms with Gasteiger partial charge in [0, 0.05) is 32.8 Å². The number of methoxy groups -OCH3 is 1. The molecule has 0 amide bonds. The van der Waals surface area contributed by atoms with Crippen molar-refractivity contribution in [3.05, 3.63) is 59.7 Å². The van der Waals surface area contributed by atoms with Gasteiger partial charge in [-0.25, -0.2) is 0 Å². The van der Waals surface area contributed by atoms with Crippen LogP contribution in [0, 0.1) is 5.92 Å². The van der Waals surface area contributed by atoms with E-state index < -0.39 is 6.10 Å². The van der Waals surface area contributed by atoms with E-state index in [4.69, 9.17) is 14.2 Å². The van der Waals surface area contributed by atoms with Crippen molar-refractivity contribution >= 4 is 0 Å². The van der Waals surface area contributed by atoms with Crippen molar-refractivity contribution in [1.29, 1.82) is 0 Å². The zero-order valence-electron chi connectivity index (χ0n) is 18.8. The molecule has 0 aromatic heterocycles. The predicted molar refractivity (Wildman–Crippen MR) is 123 cm³/mol. The largest absolute Gasteiger partial charge is 0.493 e. The first kappa shape index (κ1) is 23.5. The first-order chi connectivity index (χ1) is 15.1. The van der Waals surface area contributed by atoms with Crippen LogP contribution in [-0.2, 0) is 17.8 Å². The fourth-order valence-corrected chi connectivity index (χ4v) is 3.87. The highest BCUT2D eigenvalue weighted by molar-refractivity contribution is 5.43. The Hall–Kier alpha value is -2.12. The van der Waals surface area contributed by atoms with Gasteiger partial charge in [-0.05, 0) is 55.6 Å². The van der Waals surface area contributed by atoms with Crippen LogP contribution in [0.2, 0.25) is 0 Å². The zero-order valence-corrected chi connectivity index (χ0v) is 18.8. The molecule has 6 heteroatoms. The van der Waals surface area contributed by atoms with Gasteiger partial charge in [-0.2, -0.15) is 0 Å². The summed E-state index contributed by atoms with van der Waals surface area (Å²) in [6.45, 7) is 5.05. The van der Waals surface area contributed by atoms with Crippen molar-refractivity contribution in [2.45, 2.75) is 32.0 Å². The first-order valence-electron chi connectivity index (χ1n) is 11.1. The Bertz CT molecular complexity index is 765. The van der Waals surface area contributed by atoms with Gasteiger partial charge in [-0.3, -0.25) is 4.90 Å². The lowest BCUT2D eigenvalue weighted by molar-refractivity contribution is 0.0662. The third kappa shape index (κ3) is 8.15. The molecule has 0 spiro atoms. The second kappa shape index (κ2) is 12.7. The number of nitrogens with zero attached hydrogens (tertiary/aromatic N) is 1. The molecule has 2 aromatic carbocycles. The molecule has 1 aliphatic heterocycles. The van der Waals surface area contributed by atoms with E-state index in [-0.39, 0.29) is 6.61 Å². The second-order valence-electron chi connectivity index (χ2n) is 8.32. The van der Waals surface area contributed by atoms with Crippen LogP contribution in [0.1, 0.15) is 24.0 Å². The smallest absolute Gasteiger partial charge is 0.161 e. The van der Waals surface area contributed by atoms with Gasteiger partial charge in [-0.1, -0.05) is 36.4 Å². The fourth-order valence-electron chi connectivity index (χ4n) is 3.87. The SMILES string of the molecule is COc1ccc(CNCC2CCOCC2)cc1OC[C@@H](O)CN(C)Cc1ccccc1. The van der Waals surface area contributed by atoms with Gasteiger partial charge >= 0.3 is 0 Å². The number of rotatable bonds is 12. The summed E-state index contributed by atoms with van der Waals surface area (Å²) in [6, 6.07) is 16.2. The number of benzene rings is 2. The van der Waals surface area contributed by atoms with Crippen LogP contribution in [0.4, 0.5) is 0 Å². The fraction of sp³-hybridized carbons (Fsp3) is 0.520. The van der Waals surface area contributed by atoms with E-state index in [1.54, 1.807) is 7.11 Å². The van der Waals surface area contributed by atoms with Crippen LogP contribution < -0.4 is 14.8 Å². The van der Waals surface area contributed by atoms with E-state index in [1.807, 2.05) is 43.4 Å². The van der Waals surface area contributed by atoms with Gasteiger partial charge in [0.25, 0.3) is 0 Å². The lowest BCUT2D eigenvalue weighted by atomic mass is 10.0. The summed E-state index contributed by atoms with van der Waals surface area (Å²) in [5.41, 5.74) is 2.36. The molecule has 170 valence electrons. The highest BCUT2D eigenvalue weighted by Crippen LogP contribution is 2.28. The van der Waals surface area contributed by atoms with Crippen molar-refractivity contribution in [3.63, 3.8) is 0 Å². The average molecular weight is 429 g/mol.